The van der Waals surface area contributed by atoms with Crippen LogP contribution in [0.3, 0.4) is 0 Å². The third kappa shape index (κ3) is 3.24. The first kappa shape index (κ1) is 14.9. The number of aromatic nitrogens is 1. The molecule has 3 rings (SSSR count). The molecule has 0 aliphatic heterocycles. The number of hydrogen-bond acceptors (Lipinski definition) is 3. The standard InChI is InChI=1S/C15H13ClN6O/c16-9-6-5-8(7-11(9)21-15(19)22-14(17)18)13-20-10-3-1-2-4-12(10)23-13/h1-7H,(H6,17,18,19,21,22). The third-order valence-electron chi connectivity index (χ3n) is 2.97. The van der Waals surface area contributed by atoms with E-state index in [9.17, 15) is 0 Å². The predicted octanol–water partition coefficient (Wildman–Crippen LogP) is 2.37. The third-order valence-corrected chi connectivity index (χ3v) is 3.29. The Labute approximate surface area is 136 Å². The zero-order valence-electron chi connectivity index (χ0n) is 11.9. The van der Waals surface area contributed by atoms with Crippen LogP contribution in [0.2, 0.25) is 5.02 Å². The molecule has 0 bridgehead atoms. The van der Waals surface area contributed by atoms with Crippen molar-refractivity contribution in [1.29, 1.82) is 0 Å². The van der Waals surface area contributed by atoms with E-state index in [0.717, 1.165) is 5.52 Å². The van der Waals surface area contributed by atoms with E-state index in [0.29, 0.717) is 27.7 Å². The zero-order valence-corrected chi connectivity index (χ0v) is 12.7. The number of nitrogens with two attached hydrogens (primary N) is 3. The van der Waals surface area contributed by atoms with E-state index >= 15 is 0 Å². The number of hydrogen-bond donors (Lipinski definition) is 3. The van der Waals surface area contributed by atoms with Crippen LogP contribution in [0.15, 0.2) is 56.9 Å². The summed E-state index contributed by atoms with van der Waals surface area (Å²) in [6.45, 7) is 0. The summed E-state index contributed by atoms with van der Waals surface area (Å²) in [6, 6.07) is 12.6. The molecule has 2 aromatic carbocycles. The highest BCUT2D eigenvalue weighted by Crippen LogP contribution is 2.32. The summed E-state index contributed by atoms with van der Waals surface area (Å²) >= 11 is 6.12. The molecule has 0 atom stereocenters. The number of para-hydroxylation sites is 2. The number of oxazole rings is 1. The highest BCUT2D eigenvalue weighted by Gasteiger charge is 2.10. The Morgan fingerprint density at radius 2 is 1.87 bits per heavy atom. The van der Waals surface area contributed by atoms with Gasteiger partial charge in [-0.2, -0.15) is 4.99 Å². The van der Waals surface area contributed by atoms with Crippen molar-refractivity contribution in [2.75, 3.05) is 0 Å². The van der Waals surface area contributed by atoms with Crippen molar-refractivity contribution < 1.29 is 4.42 Å². The molecule has 0 unspecified atom stereocenters. The second-order valence-corrected chi connectivity index (χ2v) is 5.07. The number of fused-ring (bicyclic) bond motifs is 1. The number of benzene rings is 2. The first-order chi connectivity index (χ1) is 11.0. The normalized spacial score (nSPS) is 11.6. The van der Waals surface area contributed by atoms with E-state index in [1.807, 2.05) is 24.3 Å². The summed E-state index contributed by atoms with van der Waals surface area (Å²) in [5.74, 6) is 0.179. The maximum atomic E-state index is 6.12. The minimum absolute atomic E-state index is 0.0957. The lowest BCUT2D eigenvalue weighted by Gasteiger charge is -2.02. The lowest BCUT2D eigenvalue weighted by atomic mass is 10.2. The van der Waals surface area contributed by atoms with Gasteiger partial charge in [0.05, 0.1) is 10.7 Å². The predicted molar refractivity (Wildman–Crippen MR) is 91.5 cm³/mol. The van der Waals surface area contributed by atoms with Crippen LogP contribution in [0.4, 0.5) is 5.69 Å². The Morgan fingerprint density at radius 1 is 1.09 bits per heavy atom. The molecule has 6 N–H and O–H groups in total. The Bertz CT molecular complexity index is 894. The van der Waals surface area contributed by atoms with Gasteiger partial charge >= 0.3 is 0 Å². The van der Waals surface area contributed by atoms with Crippen molar-refractivity contribution >= 4 is 40.3 Å². The molecule has 1 heterocycles. The van der Waals surface area contributed by atoms with E-state index in [1.165, 1.54) is 0 Å². The van der Waals surface area contributed by atoms with E-state index in [2.05, 4.69) is 15.0 Å². The first-order valence-electron chi connectivity index (χ1n) is 6.62. The van der Waals surface area contributed by atoms with Crippen molar-refractivity contribution in [3.05, 3.63) is 47.5 Å². The van der Waals surface area contributed by atoms with Crippen molar-refractivity contribution in [2.45, 2.75) is 0 Å². The van der Waals surface area contributed by atoms with Crippen LogP contribution >= 0.6 is 11.6 Å². The Balaban J connectivity index is 2.04. The van der Waals surface area contributed by atoms with Gasteiger partial charge in [0.2, 0.25) is 11.9 Å². The van der Waals surface area contributed by atoms with Crippen LogP contribution in [0.1, 0.15) is 0 Å². The van der Waals surface area contributed by atoms with Gasteiger partial charge in [-0.05, 0) is 30.3 Å². The van der Waals surface area contributed by atoms with E-state index in [4.69, 9.17) is 33.2 Å². The molecular weight excluding hydrogens is 316 g/mol. The van der Waals surface area contributed by atoms with Crippen LogP contribution in [0.25, 0.3) is 22.6 Å². The largest absolute Gasteiger partial charge is 0.436 e. The fourth-order valence-corrected chi connectivity index (χ4v) is 2.17. The Morgan fingerprint density at radius 3 is 2.61 bits per heavy atom. The number of aliphatic imine (C=N–C) groups is 2. The molecule has 0 saturated carbocycles. The summed E-state index contributed by atoms with van der Waals surface area (Å²) in [5, 5.41) is 0.401. The maximum absolute atomic E-state index is 6.12. The van der Waals surface area contributed by atoms with Gasteiger partial charge < -0.3 is 21.6 Å². The molecule has 0 fully saturated rings. The van der Waals surface area contributed by atoms with Crippen LogP contribution in [0.5, 0.6) is 0 Å². The van der Waals surface area contributed by atoms with Crippen LogP contribution < -0.4 is 17.2 Å². The fraction of sp³-hybridized carbons (Fsp3) is 0. The van der Waals surface area contributed by atoms with Crippen LogP contribution in [-0.4, -0.2) is 16.9 Å². The van der Waals surface area contributed by atoms with Gasteiger partial charge in [-0.15, -0.1) is 0 Å². The molecule has 0 aliphatic rings. The van der Waals surface area contributed by atoms with Gasteiger partial charge in [0.15, 0.2) is 11.5 Å². The smallest absolute Gasteiger partial charge is 0.227 e. The topological polar surface area (TPSA) is 129 Å². The summed E-state index contributed by atoms with van der Waals surface area (Å²) in [7, 11) is 0. The van der Waals surface area contributed by atoms with Gasteiger partial charge in [-0.1, -0.05) is 23.7 Å². The van der Waals surface area contributed by atoms with Gasteiger partial charge in [-0.25, -0.2) is 9.98 Å². The number of nitrogens with zero attached hydrogens (tertiary/aromatic N) is 3. The number of rotatable bonds is 2. The summed E-state index contributed by atoms with van der Waals surface area (Å²) in [4.78, 5) is 12.2. The molecule has 3 aromatic rings. The molecule has 0 aliphatic carbocycles. The molecular formula is C15H13ClN6O. The second kappa shape index (κ2) is 5.98. The first-order valence-corrected chi connectivity index (χ1v) is 7.00. The zero-order chi connectivity index (χ0) is 16.4. The van der Waals surface area contributed by atoms with E-state index in [-0.39, 0.29) is 11.9 Å². The number of halogens is 1. The summed E-state index contributed by atoms with van der Waals surface area (Å²) in [5.41, 5.74) is 18.7. The highest BCUT2D eigenvalue weighted by atomic mass is 35.5. The molecule has 116 valence electrons. The monoisotopic (exact) mass is 328 g/mol. The molecule has 0 radical (unpaired) electrons. The van der Waals surface area contributed by atoms with Gasteiger partial charge in [0.1, 0.15) is 5.52 Å². The molecule has 0 saturated heterocycles. The molecule has 23 heavy (non-hydrogen) atoms. The van der Waals surface area contributed by atoms with Gasteiger partial charge in [0.25, 0.3) is 0 Å². The lowest BCUT2D eigenvalue weighted by Crippen LogP contribution is -2.26. The maximum Gasteiger partial charge on any atom is 0.227 e. The molecule has 1 aromatic heterocycles. The Hall–Kier alpha value is -3.06. The van der Waals surface area contributed by atoms with Crippen molar-refractivity contribution in [1.82, 2.24) is 4.98 Å². The van der Waals surface area contributed by atoms with Crippen molar-refractivity contribution in [3.8, 4) is 11.5 Å². The quantitative estimate of drug-likeness (QED) is 0.491. The fourth-order valence-electron chi connectivity index (χ4n) is 2.01. The molecule has 0 amide bonds. The highest BCUT2D eigenvalue weighted by molar-refractivity contribution is 6.33. The SMILES string of the molecule is NC(N)=NC(N)=Nc1cc(-c2nc3ccccc3o2)ccc1Cl. The van der Waals surface area contributed by atoms with Crippen molar-refractivity contribution in [2.24, 2.45) is 27.2 Å². The van der Waals surface area contributed by atoms with Crippen LogP contribution in [0, 0.1) is 0 Å². The minimum Gasteiger partial charge on any atom is -0.436 e. The second-order valence-electron chi connectivity index (χ2n) is 4.66. The lowest BCUT2D eigenvalue weighted by molar-refractivity contribution is 0.620. The average Bonchev–Trinajstić information content (AvgIpc) is 2.92. The van der Waals surface area contributed by atoms with E-state index in [1.54, 1.807) is 18.2 Å². The van der Waals surface area contributed by atoms with Crippen molar-refractivity contribution in [3.63, 3.8) is 0 Å². The van der Waals surface area contributed by atoms with Gasteiger partial charge in [-0.3, -0.25) is 0 Å². The van der Waals surface area contributed by atoms with E-state index < -0.39 is 0 Å². The summed E-state index contributed by atoms with van der Waals surface area (Å²) < 4.78 is 5.72. The molecule has 7 nitrogen and oxygen atoms in total. The molecule has 0 spiro atoms. The number of guanidine groups is 2. The minimum atomic E-state index is -0.183. The van der Waals surface area contributed by atoms with Crippen LogP contribution in [-0.2, 0) is 0 Å². The Kier molecular flexibility index (Phi) is 3.86. The average molecular weight is 329 g/mol. The van der Waals surface area contributed by atoms with Gasteiger partial charge in [0, 0.05) is 5.56 Å². The molecule has 8 heteroatoms. The summed E-state index contributed by atoms with van der Waals surface area (Å²) in [6.07, 6.45) is 0.